The first-order valence-corrected chi connectivity index (χ1v) is 7.42. The fraction of sp³-hybridized carbons (Fsp3) is 0.375. The molecule has 134 valence electrons. The lowest BCUT2D eigenvalue weighted by Crippen LogP contribution is -2.01. The van der Waals surface area contributed by atoms with E-state index in [-0.39, 0.29) is 48.3 Å². The largest absolute Gasteiger partial charge is 0.409 e. The molecule has 0 spiro atoms. The van der Waals surface area contributed by atoms with Gasteiger partial charge < -0.3 is 0 Å². The molecule has 0 N–H and O–H groups in total. The van der Waals surface area contributed by atoms with E-state index in [0.717, 1.165) is 12.2 Å². The number of halogens is 7. The molecule has 0 heterocycles. The van der Waals surface area contributed by atoms with Crippen molar-refractivity contribution in [2.75, 3.05) is 0 Å². The Labute approximate surface area is 140 Å². The van der Waals surface area contributed by atoms with E-state index < -0.39 is 18.2 Å². The van der Waals surface area contributed by atoms with Crippen molar-refractivity contribution in [1.82, 2.24) is 0 Å². The number of aryl methyl sites for hydroxylation is 2. The van der Waals surface area contributed by atoms with Crippen molar-refractivity contribution in [3.63, 3.8) is 0 Å². The molecule has 8 heteroatoms. The van der Waals surface area contributed by atoms with E-state index in [0.29, 0.717) is 5.56 Å². The van der Waals surface area contributed by atoms with Crippen LogP contribution in [0.3, 0.4) is 0 Å². The summed E-state index contributed by atoms with van der Waals surface area (Å²) in [6, 6.07) is 2.94. The molecule has 0 aromatic heterocycles. The van der Waals surface area contributed by atoms with Crippen LogP contribution in [0, 0.1) is 5.82 Å². The minimum absolute atomic E-state index is 0.00714. The van der Waals surface area contributed by atoms with E-state index in [4.69, 9.17) is 0 Å². The summed E-state index contributed by atoms with van der Waals surface area (Å²) < 4.78 is 85.8. The lowest BCUT2D eigenvalue weighted by atomic mass is 10.0. The maximum Gasteiger partial charge on any atom is 0.409 e. The predicted molar refractivity (Wildman–Crippen MR) is 80.7 cm³/mol. The molecular weight excluding hydrogens is 357 g/mol. The van der Waals surface area contributed by atoms with Crippen LogP contribution in [0.4, 0.5) is 30.7 Å². The van der Waals surface area contributed by atoms with Gasteiger partial charge in [0.1, 0.15) is 5.82 Å². The van der Waals surface area contributed by atoms with Crippen molar-refractivity contribution < 1.29 is 30.7 Å². The number of hydrogen-bond donors (Lipinski definition) is 1. The third kappa shape index (κ3) is 7.90. The van der Waals surface area contributed by atoms with E-state index in [2.05, 4.69) is 12.6 Å². The van der Waals surface area contributed by atoms with Gasteiger partial charge >= 0.3 is 12.4 Å². The third-order valence-corrected chi connectivity index (χ3v) is 3.54. The van der Waals surface area contributed by atoms with Gasteiger partial charge in [0, 0.05) is 17.0 Å². The second kappa shape index (κ2) is 8.60. The highest BCUT2D eigenvalue weighted by molar-refractivity contribution is 7.80. The van der Waals surface area contributed by atoms with Gasteiger partial charge in [0.05, 0.1) is 0 Å². The van der Waals surface area contributed by atoms with E-state index in [1.165, 1.54) is 12.1 Å². The fourth-order valence-electron chi connectivity index (χ4n) is 1.95. The molecule has 0 aliphatic carbocycles. The highest BCUT2D eigenvalue weighted by atomic mass is 32.1. The van der Waals surface area contributed by atoms with Crippen LogP contribution in [0.5, 0.6) is 0 Å². The monoisotopic (exact) mass is 372 g/mol. The Kier molecular flexibility index (Phi) is 7.38. The van der Waals surface area contributed by atoms with Crippen molar-refractivity contribution in [1.29, 1.82) is 0 Å². The molecule has 0 saturated heterocycles. The second-order valence-electron chi connectivity index (χ2n) is 5.01. The molecule has 0 amide bonds. The normalized spacial score (nSPS) is 13.3. The number of thiol groups is 1. The molecule has 0 saturated carbocycles. The maximum atomic E-state index is 14.1. The standard InChI is InChI=1S/C16H15F7S/c17-13-11(5-1-3-9-15(18,19)20)7-8-12(14(13)24)6-2-4-10-16(21,22)23/h3-4,7-10,24H,1-2,5-6H2/b9-3+,10-4+. The van der Waals surface area contributed by atoms with Gasteiger partial charge in [-0.15, -0.1) is 12.6 Å². The van der Waals surface area contributed by atoms with Crippen LogP contribution in [-0.4, -0.2) is 12.4 Å². The molecule has 0 fully saturated rings. The van der Waals surface area contributed by atoms with Crippen LogP contribution in [0.1, 0.15) is 24.0 Å². The van der Waals surface area contributed by atoms with E-state index in [1.54, 1.807) is 0 Å². The van der Waals surface area contributed by atoms with Crippen molar-refractivity contribution in [2.45, 2.75) is 42.9 Å². The van der Waals surface area contributed by atoms with E-state index in [9.17, 15) is 30.7 Å². The van der Waals surface area contributed by atoms with E-state index >= 15 is 0 Å². The SMILES string of the molecule is Fc1c(CC/C=C/C(F)(F)F)ccc(CC/C=C/C(F)(F)F)c1S. The molecule has 0 radical (unpaired) electrons. The zero-order valence-electron chi connectivity index (χ0n) is 12.4. The first-order chi connectivity index (χ1) is 11.0. The summed E-state index contributed by atoms with van der Waals surface area (Å²) in [6.07, 6.45) is -6.40. The summed E-state index contributed by atoms with van der Waals surface area (Å²) in [5.41, 5.74) is 0.652. The predicted octanol–water partition coefficient (Wildman–Crippen LogP) is 6.22. The summed E-state index contributed by atoms with van der Waals surface area (Å²) in [7, 11) is 0. The van der Waals surface area contributed by atoms with E-state index in [1.807, 2.05) is 0 Å². The van der Waals surface area contributed by atoms with Gasteiger partial charge in [-0.1, -0.05) is 24.3 Å². The molecule has 0 aliphatic rings. The highest BCUT2D eigenvalue weighted by Gasteiger charge is 2.22. The zero-order valence-corrected chi connectivity index (χ0v) is 13.3. The summed E-state index contributed by atoms with van der Waals surface area (Å²) in [6.45, 7) is 0. The van der Waals surface area contributed by atoms with Crippen LogP contribution < -0.4 is 0 Å². The molecule has 0 atom stereocenters. The summed E-state index contributed by atoms with van der Waals surface area (Å²) in [5.74, 6) is -0.656. The summed E-state index contributed by atoms with van der Waals surface area (Å²) >= 11 is 4.01. The lowest BCUT2D eigenvalue weighted by molar-refractivity contribution is -0.0810. The van der Waals surface area contributed by atoms with Gasteiger partial charge in [-0.25, -0.2) is 4.39 Å². The van der Waals surface area contributed by atoms with Crippen LogP contribution >= 0.6 is 12.6 Å². The molecule has 0 nitrogen and oxygen atoms in total. The third-order valence-electron chi connectivity index (χ3n) is 3.05. The molecule has 1 aromatic carbocycles. The van der Waals surface area contributed by atoms with Crippen LogP contribution in [-0.2, 0) is 12.8 Å². The number of hydrogen-bond acceptors (Lipinski definition) is 1. The molecule has 24 heavy (non-hydrogen) atoms. The fourth-order valence-corrected chi connectivity index (χ4v) is 2.28. The number of allylic oxidation sites excluding steroid dienone is 4. The maximum absolute atomic E-state index is 14.1. The minimum atomic E-state index is -4.40. The Morgan fingerprint density at radius 1 is 0.792 bits per heavy atom. The molecule has 1 rings (SSSR count). The summed E-state index contributed by atoms with van der Waals surface area (Å²) in [4.78, 5) is 0.00714. The van der Waals surface area contributed by atoms with Crippen molar-refractivity contribution in [3.8, 4) is 0 Å². The van der Waals surface area contributed by atoms with Crippen molar-refractivity contribution in [2.24, 2.45) is 0 Å². The van der Waals surface area contributed by atoms with Crippen LogP contribution in [0.2, 0.25) is 0 Å². The van der Waals surface area contributed by atoms with Crippen molar-refractivity contribution >= 4 is 12.6 Å². The molecule has 0 aliphatic heterocycles. The highest BCUT2D eigenvalue weighted by Crippen LogP contribution is 2.25. The van der Waals surface area contributed by atoms with Crippen LogP contribution in [0.15, 0.2) is 41.3 Å². The zero-order chi connectivity index (χ0) is 18.4. The van der Waals surface area contributed by atoms with Gasteiger partial charge in [0.25, 0.3) is 0 Å². The molecular formula is C16H15F7S. The average molecular weight is 372 g/mol. The molecule has 1 aromatic rings. The topological polar surface area (TPSA) is 0 Å². The second-order valence-corrected chi connectivity index (χ2v) is 5.46. The minimum Gasteiger partial charge on any atom is -0.205 e. The molecule has 0 unspecified atom stereocenters. The van der Waals surface area contributed by atoms with Crippen LogP contribution in [0.25, 0.3) is 0 Å². The Morgan fingerprint density at radius 3 is 1.67 bits per heavy atom. The molecule has 0 bridgehead atoms. The smallest absolute Gasteiger partial charge is 0.205 e. The number of benzene rings is 1. The Hall–Kier alpha value is -1.44. The van der Waals surface area contributed by atoms with Gasteiger partial charge in [0.15, 0.2) is 0 Å². The van der Waals surface area contributed by atoms with Gasteiger partial charge in [-0.3, -0.25) is 0 Å². The van der Waals surface area contributed by atoms with Gasteiger partial charge in [-0.2, -0.15) is 26.3 Å². The Balaban J connectivity index is 2.66. The number of alkyl halides is 6. The lowest BCUT2D eigenvalue weighted by Gasteiger charge is -2.09. The Bertz CT molecular complexity index is 545. The van der Waals surface area contributed by atoms with Crippen molar-refractivity contribution in [3.05, 3.63) is 53.4 Å². The van der Waals surface area contributed by atoms with Gasteiger partial charge in [0.2, 0.25) is 0 Å². The number of rotatable bonds is 6. The van der Waals surface area contributed by atoms with Gasteiger partial charge in [-0.05, 0) is 36.8 Å². The summed E-state index contributed by atoms with van der Waals surface area (Å²) in [5, 5.41) is 0. The average Bonchev–Trinajstić information content (AvgIpc) is 2.43. The quantitative estimate of drug-likeness (QED) is 0.342. The first-order valence-electron chi connectivity index (χ1n) is 6.97. The first kappa shape index (κ1) is 20.6. The Morgan fingerprint density at radius 2 is 1.21 bits per heavy atom.